The topological polar surface area (TPSA) is 3.24 Å². The molecule has 3 rings (SSSR count). The van der Waals surface area contributed by atoms with Crippen LogP contribution >= 0.6 is 11.3 Å². The third-order valence-electron chi connectivity index (χ3n) is 3.97. The molecule has 1 fully saturated rings. The SMILES string of the molecule is Cc1cccc2c(CN3CCCCCC3)csc12. The Hall–Kier alpha value is -0.860. The van der Waals surface area contributed by atoms with Crippen molar-refractivity contribution >= 4 is 21.4 Å². The zero-order valence-electron chi connectivity index (χ0n) is 11.1. The number of nitrogens with zero attached hydrogens (tertiary/aromatic N) is 1. The van der Waals surface area contributed by atoms with Crippen LogP contribution in [0.25, 0.3) is 10.1 Å². The third kappa shape index (κ3) is 2.45. The van der Waals surface area contributed by atoms with Crippen LogP contribution in [-0.4, -0.2) is 18.0 Å². The number of rotatable bonds is 2. The van der Waals surface area contributed by atoms with Gasteiger partial charge in [0.05, 0.1) is 0 Å². The average Bonchev–Trinajstić information content (AvgIpc) is 2.61. The van der Waals surface area contributed by atoms with Gasteiger partial charge >= 0.3 is 0 Å². The van der Waals surface area contributed by atoms with Gasteiger partial charge in [0.2, 0.25) is 0 Å². The first-order valence-electron chi connectivity index (χ1n) is 7.02. The lowest BCUT2D eigenvalue weighted by Crippen LogP contribution is -2.23. The van der Waals surface area contributed by atoms with Gasteiger partial charge < -0.3 is 0 Å². The van der Waals surface area contributed by atoms with Gasteiger partial charge in [-0.15, -0.1) is 11.3 Å². The lowest BCUT2D eigenvalue weighted by atomic mass is 10.1. The number of thiophene rings is 1. The molecule has 18 heavy (non-hydrogen) atoms. The smallest absolute Gasteiger partial charge is 0.0375 e. The predicted molar refractivity (Wildman–Crippen MR) is 80.3 cm³/mol. The number of benzene rings is 1. The second kappa shape index (κ2) is 5.41. The van der Waals surface area contributed by atoms with Gasteiger partial charge in [0.1, 0.15) is 0 Å². The molecule has 1 aliphatic rings. The van der Waals surface area contributed by atoms with Gasteiger partial charge in [-0.2, -0.15) is 0 Å². The second-order valence-electron chi connectivity index (χ2n) is 5.40. The van der Waals surface area contributed by atoms with Crippen LogP contribution in [0.5, 0.6) is 0 Å². The van der Waals surface area contributed by atoms with Crippen molar-refractivity contribution < 1.29 is 0 Å². The molecule has 0 aliphatic carbocycles. The molecule has 96 valence electrons. The Bertz CT molecular complexity index is 521. The molecule has 0 amide bonds. The third-order valence-corrected chi connectivity index (χ3v) is 5.15. The molecule has 2 aromatic rings. The average molecular weight is 259 g/mol. The van der Waals surface area contributed by atoms with Gasteiger partial charge in [-0.05, 0) is 54.7 Å². The largest absolute Gasteiger partial charge is 0.299 e. The van der Waals surface area contributed by atoms with E-state index in [-0.39, 0.29) is 0 Å². The maximum absolute atomic E-state index is 2.64. The van der Waals surface area contributed by atoms with Crippen LogP contribution < -0.4 is 0 Å². The van der Waals surface area contributed by atoms with Gasteiger partial charge in [-0.25, -0.2) is 0 Å². The summed E-state index contributed by atoms with van der Waals surface area (Å²) < 4.78 is 1.47. The van der Waals surface area contributed by atoms with Crippen LogP contribution in [0.15, 0.2) is 23.6 Å². The highest BCUT2D eigenvalue weighted by Crippen LogP contribution is 2.29. The molecule has 1 aromatic heterocycles. The molecular formula is C16H21NS. The van der Waals surface area contributed by atoms with E-state index in [1.807, 2.05) is 11.3 Å². The Labute approximate surface area is 113 Å². The van der Waals surface area contributed by atoms with Crippen molar-refractivity contribution in [2.24, 2.45) is 0 Å². The number of fused-ring (bicyclic) bond motifs is 1. The van der Waals surface area contributed by atoms with Crippen LogP contribution in [0, 0.1) is 6.92 Å². The molecule has 1 aromatic carbocycles. The zero-order valence-corrected chi connectivity index (χ0v) is 11.9. The summed E-state index contributed by atoms with van der Waals surface area (Å²) in [5.74, 6) is 0. The number of hydrogen-bond acceptors (Lipinski definition) is 2. The first-order valence-corrected chi connectivity index (χ1v) is 7.90. The summed E-state index contributed by atoms with van der Waals surface area (Å²) in [6.07, 6.45) is 5.59. The molecule has 1 saturated heterocycles. The molecular weight excluding hydrogens is 238 g/mol. The molecule has 1 nitrogen and oxygen atoms in total. The Morgan fingerprint density at radius 3 is 2.67 bits per heavy atom. The minimum atomic E-state index is 1.14. The highest BCUT2D eigenvalue weighted by Gasteiger charge is 2.12. The van der Waals surface area contributed by atoms with Gasteiger partial charge in [0, 0.05) is 11.2 Å². The number of hydrogen-bond donors (Lipinski definition) is 0. The first kappa shape index (κ1) is 12.2. The summed E-state index contributed by atoms with van der Waals surface area (Å²) in [6, 6.07) is 6.69. The molecule has 0 radical (unpaired) electrons. The Balaban J connectivity index is 1.83. The summed E-state index contributed by atoms with van der Waals surface area (Å²) in [4.78, 5) is 2.64. The zero-order chi connectivity index (χ0) is 12.4. The fourth-order valence-electron chi connectivity index (χ4n) is 2.91. The molecule has 0 bridgehead atoms. The van der Waals surface area contributed by atoms with Gasteiger partial charge in [-0.1, -0.05) is 31.0 Å². The summed E-state index contributed by atoms with van der Waals surface area (Å²) in [7, 11) is 0. The van der Waals surface area contributed by atoms with Crippen molar-refractivity contribution in [3.63, 3.8) is 0 Å². The van der Waals surface area contributed by atoms with Crippen LogP contribution in [-0.2, 0) is 6.54 Å². The van der Waals surface area contributed by atoms with Crippen molar-refractivity contribution in [2.45, 2.75) is 39.2 Å². The van der Waals surface area contributed by atoms with E-state index in [0.717, 1.165) is 6.54 Å². The summed E-state index contributed by atoms with van der Waals surface area (Å²) in [5.41, 5.74) is 2.94. The minimum Gasteiger partial charge on any atom is -0.299 e. The van der Waals surface area contributed by atoms with Crippen LogP contribution in [0.2, 0.25) is 0 Å². The number of likely N-dealkylation sites (tertiary alicyclic amines) is 1. The van der Waals surface area contributed by atoms with Crippen molar-refractivity contribution in [1.29, 1.82) is 0 Å². The molecule has 0 atom stereocenters. The number of aryl methyl sites for hydroxylation is 1. The second-order valence-corrected chi connectivity index (χ2v) is 6.28. The van der Waals surface area contributed by atoms with Gasteiger partial charge in [0.15, 0.2) is 0 Å². The van der Waals surface area contributed by atoms with Crippen molar-refractivity contribution in [1.82, 2.24) is 4.90 Å². The van der Waals surface area contributed by atoms with Crippen molar-refractivity contribution in [3.05, 3.63) is 34.7 Å². The quantitative estimate of drug-likeness (QED) is 0.762. The maximum Gasteiger partial charge on any atom is 0.0375 e. The molecule has 2 heteroatoms. The van der Waals surface area contributed by atoms with Gasteiger partial charge in [0.25, 0.3) is 0 Å². The summed E-state index contributed by atoms with van der Waals surface area (Å²) in [5, 5.41) is 3.84. The Kier molecular flexibility index (Phi) is 3.67. The Morgan fingerprint density at radius 2 is 1.89 bits per heavy atom. The molecule has 0 N–H and O–H groups in total. The molecule has 1 aliphatic heterocycles. The lowest BCUT2D eigenvalue weighted by molar-refractivity contribution is 0.278. The van der Waals surface area contributed by atoms with Gasteiger partial charge in [-0.3, -0.25) is 4.90 Å². The van der Waals surface area contributed by atoms with E-state index in [1.54, 1.807) is 0 Å². The van der Waals surface area contributed by atoms with Crippen LogP contribution in [0.1, 0.15) is 36.8 Å². The van der Waals surface area contributed by atoms with E-state index in [4.69, 9.17) is 0 Å². The highest BCUT2D eigenvalue weighted by molar-refractivity contribution is 7.17. The normalized spacial score (nSPS) is 18.1. The first-order chi connectivity index (χ1) is 8.84. The van der Waals surface area contributed by atoms with E-state index in [0.29, 0.717) is 0 Å². The molecule has 0 saturated carbocycles. The fraction of sp³-hybridized carbons (Fsp3) is 0.500. The van der Waals surface area contributed by atoms with E-state index in [9.17, 15) is 0 Å². The molecule has 2 heterocycles. The summed E-state index contributed by atoms with van der Waals surface area (Å²) in [6.45, 7) is 5.92. The van der Waals surface area contributed by atoms with E-state index in [2.05, 4.69) is 35.4 Å². The van der Waals surface area contributed by atoms with Crippen molar-refractivity contribution in [3.8, 4) is 0 Å². The maximum atomic E-state index is 2.64. The lowest BCUT2D eigenvalue weighted by Gasteiger charge is -2.19. The van der Waals surface area contributed by atoms with Crippen LogP contribution in [0.3, 0.4) is 0 Å². The molecule has 0 unspecified atom stereocenters. The van der Waals surface area contributed by atoms with E-state index in [1.165, 1.54) is 60.0 Å². The summed E-state index contributed by atoms with van der Waals surface area (Å²) >= 11 is 1.91. The Morgan fingerprint density at radius 1 is 1.11 bits per heavy atom. The monoisotopic (exact) mass is 259 g/mol. The predicted octanol–water partition coefficient (Wildman–Crippen LogP) is 4.59. The highest BCUT2D eigenvalue weighted by atomic mass is 32.1. The van der Waals surface area contributed by atoms with E-state index >= 15 is 0 Å². The van der Waals surface area contributed by atoms with Crippen LogP contribution in [0.4, 0.5) is 0 Å². The minimum absolute atomic E-state index is 1.14. The molecule has 0 spiro atoms. The fourth-order valence-corrected chi connectivity index (χ4v) is 3.95. The van der Waals surface area contributed by atoms with E-state index < -0.39 is 0 Å². The van der Waals surface area contributed by atoms with Crippen molar-refractivity contribution in [2.75, 3.05) is 13.1 Å². The standard InChI is InChI=1S/C16H21NS/c1-13-7-6-8-15-14(12-18-16(13)15)11-17-9-4-2-3-5-10-17/h6-8,12H,2-5,9-11H2,1H3.